The van der Waals surface area contributed by atoms with E-state index in [0.717, 1.165) is 16.7 Å². The van der Waals surface area contributed by atoms with Gasteiger partial charge in [-0.05, 0) is 55.1 Å². The highest BCUT2D eigenvalue weighted by Gasteiger charge is 2.12. The number of benzene rings is 2. The van der Waals surface area contributed by atoms with Crippen molar-refractivity contribution in [3.63, 3.8) is 0 Å². The van der Waals surface area contributed by atoms with Crippen LogP contribution in [0.2, 0.25) is 0 Å². The number of aryl methyl sites for hydroxylation is 1. The second-order valence-electron chi connectivity index (χ2n) is 4.78. The molecule has 0 saturated heterocycles. The third-order valence-electron chi connectivity index (χ3n) is 3.35. The molecular formula is C16H19NO3. The number of phenols is 3. The van der Waals surface area contributed by atoms with Crippen molar-refractivity contribution in [1.29, 1.82) is 0 Å². The molecule has 5 N–H and O–H groups in total. The van der Waals surface area contributed by atoms with Crippen molar-refractivity contribution in [2.75, 3.05) is 6.54 Å². The van der Waals surface area contributed by atoms with Gasteiger partial charge in [0.2, 0.25) is 0 Å². The summed E-state index contributed by atoms with van der Waals surface area (Å²) in [7, 11) is 0. The van der Waals surface area contributed by atoms with E-state index in [2.05, 4.69) is 0 Å². The summed E-state index contributed by atoms with van der Waals surface area (Å²) in [4.78, 5) is 0. The second-order valence-corrected chi connectivity index (χ2v) is 4.78. The maximum atomic E-state index is 10.00. The van der Waals surface area contributed by atoms with Crippen molar-refractivity contribution in [3.05, 3.63) is 53.1 Å². The molecule has 20 heavy (non-hydrogen) atoms. The van der Waals surface area contributed by atoms with Crippen LogP contribution in [0.4, 0.5) is 0 Å². The van der Waals surface area contributed by atoms with E-state index in [0.29, 0.717) is 25.8 Å². The highest BCUT2D eigenvalue weighted by Crippen LogP contribution is 2.32. The molecule has 0 unspecified atom stereocenters. The molecule has 2 aromatic rings. The number of rotatable bonds is 5. The SMILES string of the molecule is NCCc1ccc(O)c(O)c1CCc1cccc(O)c1. The van der Waals surface area contributed by atoms with Gasteiger partial charge < -0.3 is 21.1 Å². The molecule has 4 nitrogen and oxygen atoms in total. The van der Waals surface area contributed by atoms with Gasteiger partial charge in [-0.2, -0.15) is 0 Å². The normalized spacial score (nSPS) is 10.7. The van der Waals surface area contributed by atoms with Crippen molar-refractivity contribution in [3.8, 4) is 17.2 Å². The van der Waals surface area contributed by atoms with Gasteiger partial charge in [-0.15, -0.1) is 0 Å². The molecule has 0 aliphatic carbocycles. The van der Waals surface area contributed by atoms with Gasteiger partial charge in [0.1, 0.15) is 5.75 Å². The number of hydrogen-bond donors (Lipinski definition) is 4. The fourth-order valence-electron chi connectivity index (χ4n) is 2.32. The van der Waals surface area contributed by atoms with Gasteiger partial charge in [-0.3, -0.25) is 0 Å². The van der Waals surface area contributed by atoms with Gasteiger partial charge in [0.25, 0.3) is 0 Å². The average molecular weight is 273 g/mol. The zero-order valence-electron chi connectivity index (χ0n) is 11.2. The van der Waals surface area contributed by atoms with E-state index in [1.807, 2.05) is 6.07 Å². The molecule has 0 aromatic heterocycles. The predicted molar refractivity (Wildman–Crippen MR) is 78.0 cm³/mol. The first-order valence-electron chi connectivity index (χ1n) is 6.62. The molecule has 106 valence electrons. The van der Waals surface area contributed by atoms with Crippen LogP contribution in [0.15, 0.2) is 36.4 Å². The molecule has 0 fully saturated rings. The third kappa shape index (κ3) is 3.22. The van der Waals surface area contributed by atoms with Gasteiger partial charge >= 0.3 is 0 Å². The Morgan fingerprint density at radius 1 is 0.900 bits per heavy atom. The number of phenolic OH excluding ortho intramolecular Hbond substituents is 3. The van der Waals surface area contributed by atoms with Crippen molar-refractivity contribution in [1.82, 2.24) is 0 Å². The molecule has 0 heterocycles. The maximum Gasteiger partial charge on any atom is 0.160 e. The minimum absolute atomic E-state index is 0.0731. The van der Waals surface area contributed by atoms with Crippen LogP contribution < -0.4 is 5.73 Å². The lowest BCUT2D eigenvalue weighted by atomic mass is 9.96. The van der Waals surface area contributed by atoms with E-state index in [4.69, 9.17) is 5.73 Å². The van der Waals surface area contributed by atoms with E-state index >= 15 is 0 Å². The monoisotopic (exact) mass is 273 g/mol. The van der Waals surface area contributed by atoms with Gasteiger partial charge in [-0.1, -0.05) is 18.2 Å². The van der Waals surface area contributed by atoms with E-state index in [1.165, 1.54) is 6.07 Å². The molecule has 0 atom stereocenters. The lowest BCUT2D eigenvalue weighted by molar-refractivity contribution is 0.398. The molecule has 0 spiro atoms. The Morgan fingerprint density at radius 3 is 2.40 bits per heavy atom. The summed E-state index contributed by atoms with van der Waals surface area (Å²) in [6, 6.07) is 10.3. The molecule has 0 bridgehead atoms. The Kier molecular flexibility index (Phi) is 4.48. The quantitative estimate of drug-likeness (QED) is 0.628. The zero-order valence-corrected chi connectivity index (χ0v) is 11.2. The number of hydrogen-bond acceptors (Lipinski definition) is 4. The third-order valence-corrected chi connectivity index (χ3v) is 3.35. The van der Waals surface area contributed by atoms with Gasteiger partial charge in [-0.25, -0.2) is 0 Å². The minimum Gasteiger partial charge on any atom is -0.508 e. The summed E-state index contributed by atoms with van der Waals surface area (Å²) in [5.41, 5.74) is 8.21. The average Bonchev–Trinajstić information content (AvgIpc) is 2.43. The fourth-order valence-corrected chi connectivity index (χ4v) is 2.32. The second kappa shape index (κ2) is 6.30. The van der Waals surface area contributed by atoms with E-state index in [9.17, 15) is 15.3 Å². The Morgan fingerprint density at radius 2 is 1.70 bits per heavy atom. The summed E-state index contributed by atoms with van der Waals surface area (Å²) in [6.45, 7) is 0.489. The molecule has 0 radical (unpaired) electrons. The van der Waals surface area contributed by atoms with Crippen molar-refractivity contribution in [2.24, 2.45) is 5.73 Å². The lowest BCUT2D eigenvalue weighted by Crippen LogP contribution is -2.06. The first-order valence-corrected chi connectivity index (χ1v) is 6.62. The summed E-state index contributed by atoms with van der Waals surface area (Å²) in [6.07, 6.45) is 1.91. The van der Waals surface area contributed by atoms with Crippen LogP contribution in [-0.4, -0.2) is 21.9 Å². The summed E-state index contributed by atoms with van der Waals surface area (Å²) >= 11 is 0. The van der Waals surface area contributed by atoms with Gasteiger partial charge in [0.15, 0.2) is 11.5 Å². The number of nitrogens with two attached hydrogens (primary N) is 1. The molecule has 2 rings (SSSR count). The standard InChI is InChI=1S/C16H19NO3/c17-9-8-12-5-7-15(19)16(20)14(12)6-4-11-2-1-3-13(18)10-11/h1-3,5,7,10,18-20H,4,6,8-9,17H2. The smallest absolute Gasteiger partial charge is 0.160 e. The fraction of sp³-hybridized carbons (Fsp3) is 0.250. The van der Waals surface area contributed by atoms with Gasteiger partial charge in [0.05, 0.1) is 0 Å². The van der Waals surface area contributed by atoms with E-state index < -0.39 is 0 Å². The Balaban J connectivity index is 2.21. The molecule has 0 saturated carbocycles. The number of aromatic hydroxyl groups is 3. The van der Waals surface area contributed by atoms with Crippen molar-refractivity contribution < 1.29 is 15.3 Å². The van der Waals surface area contributed by atoms with Crippen molar-refractivity contribution >= 4 is 0 Å². The predicted octanol–water partition coefficient (Wildman–Crippen LogP) is 2.09. The Hall–Kier alpha value is -2.20. The van der Waals surface area contributed by atoms with Crippen LogP contribution in [0, 0.1) is 0 Å². The first kappa shape index (κ1) is 14.2. The summed E-state index contributed by atoms with van der Waals surface area (Å²) < 4.78 is 0. The highest BCUT2D eigenvalue weighted by atomic mass is 16.3. The van der Waals surface area contributed by atoms with Crippen LogP contribution in [-0.2, 0) is 19.3 Å². The molecule has 0 amide bonds. The van der Waals surface area contributed by atoms with E-state index in [1.54, 1.807) is 24.3 Å². The van der Waals surface area contributed by atoms with Crippen LogP contribution in [0.3, 0.4) is 0 Å². The summed E-state index contributed by atoms with van der Waals surface area (Å²) in [5, 5.41) is 29.1. The highest BCUT2D eigenvalue weighted by molar-refractivity contribution is 5.49. The van der Waals surface area contributed by atoms with Crippen molar-refractivity contribution in [2.45, 2.75) is 19.3 Å². The maximum absolute atomic E-state index is 10.00. The Labute approximate surface area is 118 Å². The van der Waals surface area contributed by atoms with E-state index in [-0.39, 0.29) is 17.2 Å². The van der Waals surface area contributed by atoms with Crippen LogP contribution in [0.5, 0.6) is 17.2 Å². The minimum atomic E-state index is -0.114. The van der Waals surface area contributed by atoms with Crippen LogP contribution in [0.1, 0.15) is 16.7 Å². The zero-order chi connectivity index (χ0) is 14.5. The Bertz CT molecular complexity index is 596. The van der Waals surface area contributed by atoms with Gasteiger partial charge in [0, 0.05) is 5.56 Å². The topological polar surface area (TPSA) is 86.7 Å². The molecule has 0 aliphatic heterocycles. The van der Waals surface area contributed by atoms with Crippen LogP contribution >= 0.6 is 0 Å². The first-order chi connectivity index (χ1) is 9.61. The molecule has 4 heteroatoms. The largest absolute Gasteiger partial charge is 0.508 e. The summed E-state index contributed by atoms with van der Waals surface area (Å²) in [5.74, 6) is 0.0394. The van der Waals surface area contributed by atoms with Crippen LogP contribution in [0.25, 0.3) is 0 Å². The molecular weight excluding hydrogens is 254 g/mol. The molecule has 0 aliphatic rings. The lowest BCUT2D eigenvalue weighted by Gasteiger charge is -2.12. The molecule has 2 aromatic carbocycles.